The molecular formula is C19H16ClNOS. The number of hydrogen-bond acceptors (Lipinski definition) is 3. The molecule has 0 spiro atoms. The van der Waals surface area contributed by atoms with Crippen LogP contribution in [0.15, 0.2) is 82.6 Å². The highest BCUT2D eigenvalue weighted by Gasteiger charge is 2.06. The van der Waals surface area contributed by atoms with E-state index in [0.29, 0.717) is 17.3 Å². The number of halogens is 1. The summed E-state index contributed by atoms with van der Waals surface area (Å²) in [5.41, 5.74) is 1.80. The fraction of sp³-hybridized carbons (Fsp3) is 0.0526. The van der Waals surface area contributed by atoms with Crippen LogP contribution in [0.1, 0.15) is 5.56 Å². The molecule has 0 radical (unpaired) electrons. The third-order valence-corrected chi connectivity index (χ3v) is 4.73. The Labute approximate surface area is 145 Å². The van der Waals surface area contributed by atoms with E-state index < -0.39 is 0 Å². The fourth-order valence-corrected chi connectivity index (χ4v) is 3.34. The van der Waals surface area contributed by atoms with Gasteiger partial charge < -0.3 is 10.4 Å². The molecule has 0 bridgehead atoms. The van der Waals surface area contributed by atoms with Crippen molar-refractivity contribution in [3.63, 3.8) is 0 Å². The summed E-state index contributed by atoms with van der Waals surface area (Å²) >= 11 is 7.71. The topological polar surface area (TPSA) is 32.3 Å². The molecule has 2 nitrogen and oxygen atoms in total. The minimum absolute atomic E-state index is 0.197. The minimum Gasteiger partial charge on any atom is -0.506 e. The summed E-state index contributed by atoms with van der Waals surface area (Å²) < 4.78 is 0. The van der Waals surface area contributed by atoms with Crippen LogP contribution in [0.25, 0.3) is 0 Å². The highest BCUT2D eigenvalue weighted by atomic mass is 35.5. The van der Waals surface area contributed by atoms with Crippen molar-refractivity contribution in [2.45, 2.75) is 16.3 Å². The van der Waals surface area contributed by atoms with Crippen molar-refractivity contribution in [2.75, 3.05) is 5.32 Å². The van der Waals surface area contributed by atoms with Crippen LogP contribution in [-0.2, 0) is 6.54 Å². The third-order valence-electron chi connectivity index (χ3n) is 3.37. The van der Waals surface area contributed by atoms with E-state index in [9.17, 15) is 5.11 Å². The standard InChI is InChI=1S/C19H16ClNOS/c20-15-10-11-18(22)17(12-15)21-13-14-6-4-5-9-19(14)23-16-7-2-1-3-8-16/h1-12,21-22H,13H2. The lowest BCUT2D eigenvalue weighted by molar-refractivity contribution is 0.477. The van der Waals surface area contributed by atoms with E-state index in [4.69, 9.17) is 11.6 Å². The summed E-state index contributed by atoms with van der Waals surface area (Å²) in [5, 5.41) is 13.7. The molecule has 0 aliphatic carbocycles. The molecule has 0 atom stereocenters. The van der Waals surface area contributed by atoms with Gasteiger partial charge in [-0.3, -0.25) is 0 Å². The molecule has 0 fully saturated rings. The predicted octanol–water partition coefficient (Wildman–Crippen LogP) is 5.81. The predicted molar refractivity (Wildman–Crippen MR) is 97.5 cm³/mol. The maximum atomic E-state index is 9.89. The lowest BCUT2D eigenvalue weighted by Gasteiger charge is -2.12. The van der Waals surface area contributed by atoms with E-state index >= 15 is 0 Å². The normalized spacial score (nSPS) is 10.5. The van der Waals surface area contributed by atoms with Crippen molar-refractivity contribution in [3.8, 4) is 5.75 Å². The minimum atomic E-state index is 0.197. The number of rotatable bonds is 5. The number of phenolic OH excluding ortho intramolecular Hbond substituents is 1. The summed E-state index contributed by atoms with van der Waals surface area (Å²) in [5.74, 6) is 0.197. The maximum absolute atomic E-state index is 9.89. The third kappa shape index (κ3) is 4.21. The first-order chi connectivity index (χ1) is 11.2. The second kappa shape index (κ2) is 7.44. The molecule has 0 amide bonds. The molecule has 0 saturated heterocycles. The van der Waals surface area contributed by atoms with Gasteiger partial charge in [-0.2, -0.15) is 0 Å². The maximum Gasteiger partial charge on any atom is 0.138 e. The van der Waals surface area contributed by atoms with Gasteiger partial charge in [0.15, 0.2) is 0 Å². The zero-order valence-corrected chi connectivity index (χ0v) is 13.9. The van der Waals surface area contributed by atoms with Gasteiger partial charge >= 0.3 is 0 Å². The van der Waals surface area contributed by atoms with Gasteiger partial charge in [0.1, 0.15) is 5.75 Å². The van der Waals surface area contributed by atoms with Gasteiger partial charge in [-0.15, -0.1) is 0 Å². The molecule has 116 valence electrons. The van der Waals surface area contributed by atoms with E-state index in [1.165, 1.54) is 15.4 Å². The van der Waals surface area contributed by atoms with Crippen LogP contribution in [0.4, 0.5) is 5.69 Å². The fourth-order valence-electron chi connectivity index (χ4n) is 2.21. The van der Waals surface area contributed by atoms with E-state index in [1.54, 1.807) is 30.0 Å². The van der Waals surface area contributed by atoms with E-state index in [0.717, 1.165) is 0 Å². The Morgan fingerprint density at radius 1 is 0.913 bits per heavy atom. The highest BCUT2D eigenvalue weighted by Crippen LogP contribution is 2.32. The van der Waals surface area contributed by atoms with Gasteiger partial charge in [0, 0.05) is 21.4 Å². The second-order valence-corrected chi connectivity index (χ2v) is 6.59. The van der Waals surface area contributed by atoms with Crippen LogP contribution < -0.4 is 5.32 Å². The number of hydrogen-bond donors (Lipinski definition) is 2. The number of phenols is 1. The Bertz CT molecular complexity index is 792. The number of nitrogens with one attached hydrogen (secondary N) is 1. The Hall–Kier alpha value is -2.10. The average Bonchev–Trinajstić information content (AvgIpc) is 2.58. The summed E-state index contributed by atoms with van der Waals surface area (Å²) in [6.07, 6.45) is 0. The van der Waals surface area contributed by atoms with Crippen LogP contribution in [0, 0.1) is 0 Å². The van der Waals surface area contributed by atoms with Crippen molar-refractivity contribution >= 4 is 29.1 Å². The van der Waals surface area contributed by atoms with Crippen molar-refractivity contribution in [2.24, 2.45) is 0 Å². The molecule has 3 rings (SSSR count). The lowest BCUT2D eigenvalue weighted by Crippen LogP contribution is -2.01. The van der Waals surface area contributed by atoms with E-state index in [2.05, 4.69) is 29.6 Å². The van der Waals surface area contributed by atoms with Crippen LogP contribution in [0.3, 0.4) is 0 Å². The Morgan fingerprint density at radius 3 is 2.48 bits per heavy atom. The Balaban J connectivity index is 1.77. The van der Waals surface area contributed by atoms with E-state index in [1.807, 2.05) is 30.3 Å². The number of benzene rings is 3. The first kappa shape index (κ1) is 15.8. The van der Waals surface area contributed by atoms with E-state index in [-0.39, 0.29) is 5.75 Å². The van der Waals surface area contributed by atoms with Gasteiger partial charge in [-0.05, 0) is 42.0 Å². The van der Waals surface area contributed by atoms with Crippen molar-refractivity contribution in [1.82, 2.24) is 0 Å². The summed E-state index contributed by atoms with van der Waals surface area (Å²) in [6, 6.07) is 23.5. The monoisotopic (exact) mass is 341 g/mol. The quantitative estimate of drug-likeness (QED) is 0.574. The van der Waals surface area contributed by atoms with Crippen LogP contribution in [-0.4, -0.2) is 5.11 Å². The Kier molecular flexibility index (Phi) is 5.11. The zero-order chi connectivity index (χ0) is 16.1. The van der Waals surface area contributed by atoms with Gasteiger partial charge in [-0.1, -0.05) is 59.8 Å². The molecule has 0 aliphatic heterocycles. The average molecular weight is 342 g/mol. The zero-order valence-electron chi connectivity index (χ0n) is 12.4. The summed E-state index contributed by atoms with van der Waals surface area (Å²) in [4.78, 5) is 2.39. The number of anilines is 1. The van der Waals surface area contributed by atoms with Crippen LogP contribution in [0.2, 0.25) is 5.02 Å². The molecule has 4 heteroatoms. The van der Waals surface area contributed by atoms with Crippen molar-refractivity contribution in [1.29, 1.82) is 0 Å². The largest absolute Gasteiger partial charge is 0.506 e. The van der Waals surface area contributed by atoms with Crippen molar-refractivity contribution in [3.05, 3.63) is 83.4 Å². The molecule has 3 aromatic rings. The molecule has 2 N–H and O–H groups in total. The SMILES string of the molecule is Oc1ccc(Cl)cc1NCc1ccccc1Sc1ccccc1. The molecule has 0 aromatic heterocycles. The van der Waals surface area contributed by atoms with Crippen molar-refractivity contribution < 1.29 is 5.11 Å². The number of aromatic hydroxyl groups is 1. The molecular weight excluding hydrogens is 326 g/mol. The Morgan fingerprint density at radius 2 is 1.65 bits per heavy atom. The van der Waals surface area contributed by atoms with Crippen LogP contribution >= 0.6 is 23.4 Å². The van der Waals surface area contributed by atoms with Gasteiger partial charge in [-0.25, -0.2) is 0 Å². The lowest BCUT2D eigenvalue weighted by atomic mass is 10.2. The second-order valence-electron chi connectivity index (χ2n) is 5.04. The smallest absolute Gasteiger partial charge is 0.138 e. The first-order valence-electron chi connectivity index (χ1n) is 7.25. The molecule has 23 heavy (non-hydrogen) atoms. The first-order valence-corrected chi connectivity index (χ1v) is 8.45. The van der Waals surface area contributed by atoms with Gasteiger partial charge in [0.25, 0.3) is 0 Å². The molecule has 0 aliphatic rings. The summed E-state index contributed by atoms with van der Waals surface area (Å²) in [7, 11) is 0. The molecule has 0 unspecified atom stereocenters. The van der Waals surface area contributed by atoms with Gasteiger partial charge in [0.05, 0.1) is 5.69 Å². The van der Waals surface area contributed by atoms with Gasteiger partial charge in [0.2, 0.25) is 0 Å². The molecule has 0 heterocycles. The summed E-state index contributed by atoms with van der Waals surface area (Å²) in [6.45, 7) is 0.615. The highest BCUT2D eigenvalue weighted by molar-refractivity contribution is 7.99. The van der Waals surface area contributed by atoms with Crippen LogP contribution in [0.5, 0.6) is 5.75 Å². The molecule has 3 aromatic carbocycles. The molecule has 0 saturated carbocycles.